The molecule has 0 aliphatic heterocycles. The summed E-state index contributed by atoms with van der Waals surface area (Å²) in [4.78, 5) is 4.22. The lowest BCUT2D eigenvalue weighted by atomic mass is 9.89. The van der Waals surface area contributed by atoms with E-state index >= 15 is 0 Å². The summed E-state index contributed by atoms with van der Waals surface area (Å²) in [6.45, 7) is 7.01. The smallest absolute Gasteiger partial charge is 0.0302 e. The minimum atomic E-state index is 0.642. The van der Waals surface area contributed by atoms with Gasteiger partial charge in [0.15, 0.2) is 0 Å². The van der Waals surface area contributed by atoms with Crippen molar-refractivity contribution in [3.05, 3.63) is 30.1 Å². The Labute approximate surface area is 119 Å². The molecule has 0 spiro atoms. The van der Waals surface area contributed by atoms with E-state index in [0.29, 0.717) is 5.92 Å². The van der Waals surface area contributed by atoms with Crippen LogP contribution in [0.3, 0.4) is 0 Å². The predicted molar refractivity (Wildman–Crippen MR) is 84.4 cm³/mol. The molecule has 0 saturated heterocycles. The molecule has 1 rings (SSSR count). The second kappa shape index (κ2) is 10.00. The van der Waals surface area contributed by atoms with E-state index < -0.39 is 0 Å². The minimum Gasteiger partial charge on any atom is -0.264 e. The van der Waals surface area contributed by atoms with Gasteiger partial charge >= 0.3 is 0 Å². The molecule has 108 valence electrons. The van der Waals surface area contributed by atoms with Crippen LogP contribution in [0.1, 0.15) is 83.6 Å². The first-order valence-corrected chi connectivity index (χ1v) is 8.14. The molecule has 1 aromatic rings. The zero-order valence-corrected chi connectivity index (χ0v) is 13.1. The molecular weight excluding hydrogens is 230 g/mol. The van der Waals surface area contributed by atoms with Crippen molar-refractivity contribution in [2.45, 2.75) is 78.1 Å². The third kappa shape index (κ3) is 7.34. The highest BCUT2D eigenvalue weighted by atomic mass is 14.6. The van der Waals surface area contributed by atoms with E-state index in [2.05, 4.69) is 31.8 Å². The number of hydrogen-bond donors (Lipinski definition) is 0. The maximum Gasteiger partial charge on any atom is 0.0302 e. The number of aromatic nitrogens is 1. The molecule has 1 heteroatoms. The van der Waals surface area contributed by atoms with Gasteiger partial charge in [0.25, 0.3) is 0 Å². The van der Waals surface area contributed by atoms with Gasteiger partial charge in [-0.2, -0.15) is 0 Å². The lowest BCUT2D eigenvalue weighted by Crippen LogP contribution is -2.02. The van der Waals surface area contributed by atoms with Crippen molar-refractivity contribution in [2.24, 2.45) is 5.92 Å². The van der Waals surface area contributed by atoms with Crippen LogP contribution in [0.2, 0.25) is 0 Å². The number of nitrogens with zero attached hydrogens (tertiary/aromatic N) is 1. The Morgan fingerprint density at radius 1 is 1.05 bits per heavy atom. The molecular formula is C18H31N. The van der Waals surface area contributed by atoms with E-state index in [9.17, 15) is 0 Å². The maximum absolute atomic E-state index is 4.22. The van der Waals surface area contributed by atoms with Crippen LogP contribution >= 0.6 is 0 Å². The molecule has 2 unspecified atom stereocenters. The molecule has 1 heterocycles. The summed E-state index contributed by atoms with van der Waals surface area (Å²) < 4.78 is 0. The molecule has 1 nitrogen and oxygen atoms in total. The van der Waals surface area contributed by atoms with Gasteiger partial charge < -0.3 is 0 Å². The van der Waals surface area contributed by atoms with Crippen molar-refractivity contribution in [2.75, 3.05) is 0 Å². The molecule has 0 aliphatic rings. The number of pyridine rings is 1. The number of hydrogen-bond acceptors (Lipinski definition) is 1. The van der Waals surface area contributed by atoms with Gasteiger partial charge in [-0.3, -0.25) is 4.98 Å². The summed E-state index contributed by atoms with van der Waals surface area (Å²) in [7, 11) is 0. The fourth-order valence-electron chi connectivity index (χ4n) is 2.80. The Bertz CT molecular complexity index is 307. The molecule has 0 bridgehead atoms. The van der Waals surface area contributed by atoms with E-state index in [1.54, 1.807) is 0 Å². The van der Waals surface area contributed by atoms with E-state index in [-0.39, 0.29) is 0 Å². The van der Waals surface area contributed by atoms with Gasteiger partial charge in [-0.1, -0.05) is 71.8 Å². The summed E-state index contributed by atoms with van der Waals surface area (Å²) >= 11 is 0. The Balaban J connectivity index is 2.12. The van der Waals surface area contributed by atoms with E-state index in [0.717, 1.165) is 5.92 Å². The van der Waals surface area contributed by atoms with Crippen LogP contribution in [0.15, 0.2) is 24.5 Å². The van der Waals surface area contributed by atoms with Crippen LogP contribution in [0, 0.1) is 5.92 Å². The zero-order chi connectivity index (χ0) is 13.9. The molecule has 0 aromatic carbocycles. The van der Waals surface area contributed by atoms with Gasteiger partial charge in [-0.15, -0.1) is 0 Å². The third-order valence-electron chi connectivity index (χ3n) is 4.06. The second-order valence-corrected chi connectivity index (χ2v) is 6.08. The van der Waals surface area contributed by atoms with E-state index in [4.69, 9.17) is 0 Å². The summed E-state index contributed by atoms with van der Waals surface area (Å²) in [6.07, 6.45) is 15.0. The molecule has 2 atom stereocenters. The normalized spacial score (nSPS) is 14.3. The molecule has 1 aromatic heterocycles. The Hall–Kier alpha value is -0.850. The fourth-order valence-corrected chi connectivity index (χ4v) is 2.80. The lowest BCUT2D eigenvalue weighted by Gasteiger charge is -2.17. The molecule has 19 heavy (non-hydrogen) atoms. The van der Waals surface area contributed by atoms with Crippen LogP contribution < -0.4 is 0 Å². The molecule has 0 N–H and O–H groups in total. The number of unbranched alkanes of at least 4 members (excludes halogenated alkanes) is 5. The van der Waals surface area contributed by atoms with Crippen molar-refractivity contribution in [3.8, 4) is 0 Å². The lowest BCUT2D eigenvalue weighted by molar-refractivity contribution is 0.427. The van der Waals surface area contributed by atoms with Gasteiger partial charge in [-0.25, -0.2) is 0 Å². The van der Waals surface area contributed by atoms with Crippen LogP contribution in [-0.4, -0.2) is 4.98 Å². The summed E-state index contributed by atoms with van der Waals surface area (Å²) in [5, 5.41) is 0. The fraction of sp³-hybridized carbons (Fsp3) is 0.722. The average molecular weight is 261 g/mol. The van der Waals surface area contributed by atoms with Crippen molar-refractivity contribution in [3.63, 3.8) is 0 Å². The van der Waals surface area contributed by atoms with Crippen molar-refractivity contribution in [1.29, 1.82) is 0 Å². The van der Waals surface area contributed by atoms with E-state index in [1.807, 2.05) is 18.5 Å². The minimum absolute atomic E-state index is 0.642. The van der Waals surface area contributed by atoms with Crippen LogP contribution in [0.4, 0.5) is 0 Å². The Morgan fingerprint density at radius 2 is 1.79 bits per heavy atom. The molecule has 0 saturated carbocycles. The summed E-state index contributed by atoms with van der Waals surface area (Å²) in [6, 6.07) is 4.25. The number of rotatable bonds is 10. The first-order valence-electron chi connectivity index (χ1n) is 8.14. The standard InChI is InChI=1S/C18H31N/c1-4-5-6-7-8-9-11-16(2)14-17(3)18-12-10-13-19-15-18/h10,12-13,15-17H,4-9,11,14H2,1-3H3. The summed E-state index contributed by atoms with van der Waals surface area (Å²) in [5.74, 6) is 1.48. The zero-order valence-electron chi connectivity index (χ0n) is 13.1. The average Bonchev–Trinajstić information content (AvgIpc) is 2.43. The SMILES string of the molecule is CCCCCCCCC(C)CC(C)c1cccnc1. The van der Waals surface area contributed by atoms with Gasteiger partial charge in [0.05, 0.1) is 0 Å². The highest BCUT2D eigenvalue weighted by Crippen LogP contribution is 2.25. The molecule has 0 fully saturated rings. The van der Waals surface area contributed by atoms with Gasteiger partial charge in [0, 0.05) is 12.4 Å². The maximum atomic E-state index is 4.22. The second-order valence-electron chi connectivity index (χ2n) is 6.08. The van der Waals surface area contributed by atoms with Gasteiger partial charge in [-0.05, 0) is 29.9 Å². The topological polar surface area (TPSA) is 12.9 Å². The van der Waals surface area contributed by atoms with Crippen LogP contribution in [0.25, 0.3) is 0 Å². The van der Waals surface area contributed by atoms with Gasteiger partial charge in [0.1, 0.15) is 0 Å². The quantitative estimate of drug-likeness (QED) is 0.473. The first-order chi connectivity index (χ1) is 9.24. The molecule has 0 radical (unpaired) electrons. The van der Waals surface area contributed by atoms with Crippen molar-refractivity contribution >= 4 is 0 Å². The van der Waals surface area contributed by atoms with Crippen molar-refractivity contribution < 1.29 is 0 Å². The summed E-state index contributed by atoms with van der Waals surface area (Å²) in [5.41, 5.74) is 1.39. The van der Waals surface area contributed by atoms with Crippen LogP contribution in [0.5, 0.6) is 0 Å². The molecule has 0 aliphatic carbocycles. The van der Waals surface area contributed by atoms with Crippen LogP contribution in [-0.2, 0) is 0 Å². The van der Waals surface area contributed by atoms with E-state index in [1.165, 1.54) is 56.9 Å². The largest absolute Gasteiger partial charge is 0.264 e. The third-order valence-corrected chi connectivity index (χ3v) is 4.06. The van der Waals surface area contributed by atoms with Gasteiger partial charge in [0.2, 0.25) is 0 Å². The predicted octanol–water partition coefficient (Wildman–Crippen LogP) is 5.96. The Morgan fingerprint density at radius 3 is 2.47 bits per heavy atom. The highest BCUT2D eigenvalue weighted by Gasteiger charge is 2.10. The highest BCUT2D eigenvalue weighted by molar-refractivity contribution is 5.13. The first kappa shape index (κ1) is 16.2. The van der Waals surface area contributed by atoms with Crippen molar-refractivity contribution in [1.82, 2.24) is 4.98 Å². The monoisotopic (exact) mass is 261 g/mol. The Kier molecular flexibility index (Phi) is 8.53. The molecule has 0 amide bonds.